The second-order valence-corrected chi connectivity index (χ2v) is 8.65. The first-order valence-electron chi connectivity index (χ1n) is 11.7. The van der Waals surface area contributed by atoms with Gasteiger partial charge in [0.15, 0.2) is 5.82 Å². The van der Waals surface area contributed by atoms with Crippen molar-refractivity contribution in [1.29, 1.82) is 0 Å². The third-order valence-electron chi connectivity index (χ3n) is 6.50. The molecule has 0 saturated heterocycles. The molecule has 0 saturated carbocycles. The topological polar surface area (TPSA) is 38.9 Å². The molecular weight excluding hydrogens is 428 g/mol. The number of hydrogen-bond donors (Lipinski definition) is 0. The molecular formula is C32H20N2O. The summed E-state index contributed by atoms with van der Waals surface area (Å²) in [5, 5.41) is 4.32. The summed E-state index contributed by atoms with van der Waals surface area (Å²) in [4.78, 5) is 10.1. The normalized spacial score (nSPS) is 11.4. The molecule has 5 aromatic carbocycles. The minimum Gasteiger partial charge on any atom is -0.438 e. The fraction of sp³-hybridized carbons (Fsp3) is 0. The van der Waals surface area contributed by atoms with Crippen LogP contribution in [-0.4, -0.2) is 9.97 Å². The highest BCUT2D eigenvalue weighted by atomic mass is 16.3. The Morgan fingerprint density at radius 3 is 2.00 bits per heavy atom. The van der Waals surface area contributed by atoms with Gasteiger partial charge in [-0.1, -0.05) is 109 Å². The zero-order valence-electron chi connectivity index (χ0n) is 18.8. The minimum atomic E-state index is 0.602. The van der Waals surface area contributed by atoms with Crippen LogP contribution in [0.2, 0.25) is 0 Å². The molecule has 7 aromatic rings. The molecule has 0 spiro atoms. The molecule has 0 aliphatic rings. The molecule has 0 aliphatic heterocycles. The van der Waals surface area contributed by atoms with E-state index in [-0.39, 0.29) is 0 Å². The SMILES string of the molecule is c1ccc(-c2cccc(-c3nc(-c4ccccc4)c4c(n3)oc3ccc5ccccc5c34)c2)cc1. The lowest BCUT2D eigenvalue weighted by Crippen LogP contribution is -1.94. The summed E-state index contributed by atoms with van der Waals surface area (Å²) in [5.74, 6) is 0.650. The van der Waals surface area contributed by atoms with Crippen LogP contribution in [0.1, 0.15) is 0 Å². The molecule has 0 atom stereocenters. The van der Waals surface area contributed by atoms with Crippen molar-refractivity contribution in [2.24, 2.45) is 0 Å². The Morgan fingerprint density at radius 1 is 0.486 bits per heavy atom. The first-order chi connectivity index (χ1) is 17.3. The Kier molecular flexibility index (Phi) is 4.46. The largest absolute Gasteiger partial charge is 0.438 e. The average molecular weight is 449 g/mol. The van der Waals surface area contributed by atoms with Gasteiger partial charge in [0.05, 0.1) is 11.1 Å². The van der Waals surface area contributed by atoms with E-state index in [4.69, 9.17) is 14.4 Å². The van der Waals surface area contributed by atoms with Crippen LogP contribution in [0.3, 0.4) is 0 Å². The maximum Gasteiger partial charge on any atom is 0.231 e. The average Bonchev–Trinajstić information content (AvgIpc) is 3.33. The van der Waals surface area contributed by atoms with Crippen molar-refractivity contribution in [3.63, 3.8) is 0 Å². The third-order valence-corrected chi connectivity index (χ3v) is 6.50. The maximum absolute atomic E-state index is 6.35. The second kappa shape index (κ2) is 7.93. The number of rotatable bonds is 3. The summed E-state index contributed by atoms with van der Waals surface area (Å²) < 4.78 is 6.35. The van der Waals surface area contributed by atoms with Gasteiger partial charge in [-0.25, -0.2) is 4.98 Å². The number of nitrogens with zero attached hydrogens (tertiary/aromatic N) is 2. The van der Waals surface area contributed by atoms with Crippen LogP contribution in [0.4, 0.5) is 0 Å². The minimum absolute atomic E-state index is 0.602. The fourth-order valence-corrected chi connectivity index (χ4v) is 4.84. The van der Waals surface area contributed by atoms with E-state index in [2.05, 4.69) is 91.0 Å². The molecule has 0 bridgehead atoms. The molecule has 164 valence electrons. The molecule has 0 fully saturated rings. The van der Waals surface area contributed by atoms with Gasteiger partial charge in [-0.15, -0.1) is 0 Å². The summed E-state index contributed by atoms with van der Waals surface area (Å²) >= 11 is 0. The quantitative estimate of drug-likeness (QED) is 0.272. The maximum atomic E-state index is 6.35. The van der Waals surface area contributed by atoms with Crippen molar-refractivity contribution in [3.05, 3.63) is 121 Å². The van der Waals surface area contributed by atoms with Crippen molar-refractivity contribution >= 4 is 32.8 Å². The molecule has 0 aliphatic carbocycles. The number of aromatic nitrogens is 2. The number of fused-ring (bicyclic) bond motifs is 5. The lowest BCUT2D eigenvalue weighted by Gasteiger charge is -2.09. The molecule has 0 amide bonds. The molecule has 0 unspecified atom stereocenters. The smallest absolute Gasteiger partial charge is 0.231 e. The molecule has 2 aromatic heterocycles. The van der Waals surface area contributed by atoms with Crippen molar-refractivity contribution in [2.75, 3.05) is 0 Å². The third kappa shape index (κ3) is 3.29. The predicted octanol–water partition coefficient (Wildman–Crippen LogP) is 8.53. The Balaban J connectivity index is 1.54. The Labute approximate surface area is 202 Å². The Hall–Kier alpha value is -4.76. The Morgan fingerprint density at radius 2 is 1.17 bits per heavy atom. The zero-order valence-corrected chi connectivity index (χ0v) is 18.8. The standard InChI is InChI=1S/C32H20N2O/c1-3-10-21(11-4-1)24-15-9-16-25(20-24)31-33-30(23-13-5-2-6-14-23)29-28-26-17-8-7-12-22(26)18-19-27(28)35-32(29)34-31/h1-20H. The van der Waals surface area contributed by atoms with Crippen LogP contribution >= 0.6 is 0 Å². The van der Waals surface area contributed by atoms with E-state index in [9.17, 15) is 0 Å². The van der Waals surface area contributed by atoms with Crippen LogP contribution in [0.5, 0.6) is 0 Å². The molecule has 3 heteroatoms. The summed E-state index contributed by atoms with van der Waals surface area (Å²) in [7, 11) is 0. The van der Waals surface area contributed by atoms with E-state index in [1.807, 2.05) is 30.3 Å². The molecule has 2 heterocycles. The molecule has 35 heavy (non-hydrogen) atoms. The van der Waals surface area contributed by atoms with Gasteiger partial charge in [0.25, 0.3) is 0 Å². The second-order valence-electron chi connectivity index (χ2n) is 8.65. The van der Waals surface area contributed by atoms with Crippen LogP contribution in [0.15, 0.2) is 126 Å². The zero-order chi connectivity index (χ0) is 23.2. The van der Waals surface area contributed by atoms with Crippen LogP contribution in [-0.2, 0) is 0 Å². The van der Waals surface area contributed by atoms with Gasteiger partial charge in [0, 0.05) is 16.5 Å². The summed E-state index contributed by atoms with van der Waals surface area (Å²) in [6.07, 6.45) is 0. The van der Waals surface area contributed by atoms with Crippen LogP contribution in [0.25, 0.3) is 66.6 Å². The monoisotopic (exact) mass is 448 g/mol. The lowest BCUT2D eigenvalue weighted by molar-refractivity contribution is 0.654. The van der Waals surface area contributed by atoms with E-state index in [0.717, 1.165) is 49.7 Å². The van der Waals surface area contributed by atoms with Crippen LogP contribution in [0, 0.1) is 0 Å². The van der Waals surface area contributed by atoms with E-state index in [1.54, 1.807) is 0 Å². The predicted molar refractivity (Wildman–Crippen MR) is 143 cm³/mol. The highest BCUT2D eigenvalue weighted by molar-refractivity contribution is 6.21. The van der Waals surface area contributed by atoms with E-state index >= 15 is 0 Å². The van der Waals surface area contributed by atoms with Crippen molar-refractivity contribution in [1.82, 2.24) is 9.97 Å². The first kappa shape index (κ1) is 19.7. The summed E-state index contributed by atoms with van der Waals surface area (Å²) in [6.45, 7) is 0. The van der Waals surface area contributed by atoms with Gasteiger partial charge in [0.1, 0.15) is 5.58 Å². The van der Waals surface area contributed by atoms with Crippen LogP contribution < -0.4 is 0 Å². The van der Waals surface area contributed by atoms with Crippen molar-refractivity contribution in [2.45, 2.75) is 0 Å². The van der Waals surface area contributed by atoms with E-state index in [1.165, 1.54) is 5.39 Å². The first-order valence-corrected chi connectivity index (χ1v) is 11.7. The van der Waals surface area contributed by atoms with Gasteiger partial charge in [-0.2, -0.15) is 4.98 Å². The fourth-order valence-electron chi connectivity index (χ4n) is 4.84. The molecule has 0 N–H and O–H groups in total. The number of hydrogen-bond acceptors (Lipinski definition) is 3. The van der Waals surface area contributed by atoms with Gasteiger partial charge >= 0.3 is 0 Å². The van der Waals surface area contributed by atoms with Gasteiger partial charge in [-0.3, -0.25) is 0 Å². The van der Waals surface area contributed by atoms with Gasteiger partial charge in [0.2, 0.25) is 5.71 Å². The molecule has 3 nitrogen and oxygen atoms in total. The summed E-state index contributed by atoms with van der Waals surface area (Å²) in [5.41, 5.74) is 6.58. The number of benzene rings is 5. The number of furan rings is 1. The van der Waals surface area contributed by atoms with E-state index in [0.29, 0.717) is 11.5 Å². The van der Waals surface area contributed by atoms with E-state index < -0.39 is 0 Å². The van der Waals surface area contributed by atoms with Crippen molar-refractivity contribution < 1.29 is 4.42 Å². The molecule has 7 rings (SSSR count). The lowest BCUT2D eigenvalue weighted by atomic mass is 10.0. The highest BCUT2D eigenvalue weighted by Crippen LogP contribution is 2.39. The summed E-state index contributed by atoms with van der Waals surface area (Å²) in [6, 6.07) is 41.5. The molecule has 0 radical (unpaired) electrons. The highest BCUT2D eigenvalue weighted by Gasteiger charge is 2.19. The van der Waals surface area contributed by atoms with Crippen molar-refractivity contribution in [3.8, 4) is 33.8 Å². The van der Waals surface area contributed by atoms with Gasteiger partial charge < -0.3 is 4.42 Å². The Bertz CT molecular complexity index is 1840. The van der Waals surface area contributed by atoms with Gasteiger partial charge in [-0.05, 0) is 34.0 Å².